The van der Waals surface area contributed by atoms with Crippen molar-refractivity contribution in [1.82, 2.24) is 15.5 Å². The molecule has 1 aliphatic rings. The highest BCUT2D eigenvalue weighted by Gasteiger charge is 2.20. The second-order valence-electron chi connectivity index (χ2n) is 7.73. The molecule has 2 atom stereocenters. The highest BCUT2D eigenvalue weighted by molar-refractivity contribution is 7.09. The van der Waals surface area contributed by atoms with Gasteiger partial charge in [-0.1, -0.05) is 19.9 Å². The maximum absolute atomic E-state index is 5.82. The monoisotopic (exact) mass is 394 g/mol. The first-order valence-corrected chi connectivity index (χ1v) is 11.3. The molecule has 2 N–H and O–H groups in total. The van der Waals surface area contributed by atoms with E-state index < -0.39 is 0 Å². The molecule has 0 aliphatic carbocycles. The predicted octanol–water partition coefficient (Wildman–Crippen LogP) is 3.58. The van der Waals surface area contributed by atoms with Crippen molar-refractivity contribution in [2.75, 3.05) is 39.8 Å². The molecule has 0 bridgehead atoms. The number of hydrogen-bond acceptors (Lipinski definition) is 4. The molecular formula is C21H38N4OS. The van der Waals surface area contributed by atoms with Gasteiger partial charge in [0.2, 0.25) is 0 Å². The van der Waals surface area contributed by atoms with Crippen LogP contribution < -0.4 is 10.6 Å². The van der Waals surface area contributed by atoms with E-state index in [1.807, 2.05) is 18.4 Å². The third kappa shape index (κ3) is 8.20. The summed E-state index contributed by atoms with van der Waals surface area (Å²) in [6.45, 7) is 12.6. The number of likely N-dealkylation sites (tertiary alicyclic amines) is 1. The van der Waals surface area contributed by atoms with Crippen molar-refractivity contribution in [2.24, 2.45) is 16.8 Å². The lowest BCUT2D eigenvalue weighted by Gasteiger charge is -2.32. The van der Waals surface area contributed by atoms with Crippen molar-refractivity contribution in [3.05, 3.63) is 22.4 Å². The Morgan fingerprint density at radius 3 is 2.93 bits per heavy atom. The molecule has 1 aromatic heterocycles. The van der Waals surface area contributed by atoms with Gasteiger partial charge < -0.3 is 15.4 Å². The molecule has 6 heteroatoms. The molecule has 0 saturated carbocycles. The molecule has 0 radical (unpaired) electrons. The van der Waals surface area contributed by atoms with Crippen molar-refractivity contribution in [3.8, 4) is 0 Å². The SMILES string of the molecule is CCOC(CCNC(=NC)NCC1CCCN(Cc2cccs2)C1)C(C)C. The smallest absolute Gasteiger partial charge is 0.190 e. The quantitative estimate of drug-likeness (QED) is 0.470. The molecule has 5 nitrogen and oxygen atoms in total. The topological polar surface area (TPSA) is 48.9 Å². The summed E-state index contributed by atoms with van der Waals surface area (Å²) >= 11 is 1.86. The fourth-order valence-electron chi connectivity index (χ4n) is 3.70. The molecule has 154 valence electrons. The first kappa shape index (κ1) is 22.2. The van der Waals surface area contributed by atoms with Crippen LogP contribution in [0.4, 0.5) is 0 Å². The summed E-state index contributed by atoms with van der Waals surface area (Å²) in [4.78, 5) is 8.44. The van der Waals surface area contributed by atoms with E-state index in [0.29, 0.717) is 17.9 Å². The number of ether oxygens (including phenoxy) is 1. The van der Waals surface area contributed by atoms with Gasteiger partial charge in [-0.05, 0) is 56.0 Å². The first-order chi connectivity index (χ1) is 13.1. The Labute approximate surface area is 169 Å². The van der Waals surface area contributed by atoms with E-state index in [9.17, 15) is 0 Å². The molecule has 0 aromatic carbocycles. The summed E-state index contributed by atoms with van der Waals surface area (Å²) < 4.78 is 5.82. The largest absolute Gasteiger partial charge is 0.378 e. The number of piperidine rings is 1. The van der Waals surface area contributed by atoms with Crippen molar-refractivity contribution < 1.29 is 4.74 Å². The molecule has 1 aliphatic heterocycles. The Hall–Kier alpha value is -1.11. The third-order valence-corrected chi connectivity index (χ3v) is 6.05. The second-order valence-corrected chi connectivity index (χ2v) is 8.76. The molecule has 27 heavy (non-hydrogen) atoms. The fraction of sp³-hybridized carbons (Fsp3) is 0.762. The molecule has 1 fully saturated rings. The van der Waals surface area contributed by atoms with Crippen LogP contribution in [0.25, 0.3) is 0 Å². The number of nitrogens with one attached hydrogen (secondary N) is 2. The third-order valence-electron chi connectivity index (χ3n) is 5.19. The van der Waals surface area contributed by atoms with Gasteiger partial charge in [-0.2, -0.15) is 0 Å². The Balaban J connectivity index is 1.68. The summed E-state index contributed by atoms with van der Waals surface area (Å²) in [7, 11) is 1.85. The van der Waals surface area contributed by atoms with Crippen LogP contribution in [0.15, 0.2) is 22.5 Å². The van der Waals surface area contributed by atoms with Crippen molar-refractivity contribution in [1.29, 1.82) is 0 Å². The summed E-state index contributed by atoms with van der Waals surface area (Å²) in [5.41, 5.74) is 0. The van der Waals surface area contributed by atoms with Crippen LogP contribution in [0.5, 0.6) is 0 Å². The van der Waals surface area contributed by atoms with Gasteiger partial charge in [-0.3, -0.25) is 9.89 Å². The van der Waals surface area contributed by atoms with E-state index in [-0.39, 0.29) is 0 Å². The molecule has 1 aromatic rings. The Kier molecular flexibility index (Phi) is 10.2. The standard InChI is InChI=1S/C21H38N4OS/c1-5-26-20(17(2)3)10-11-23-21(22-4)24-14-18-8-6-12-25(15-18)16-19-9-7-13-27-19/h7,9,13,17-18,20H,5-6,8,10-12,14-16H2,1-4H3,(H2,22,23,24). The van der Waals surface area contributed by atoms with Crippen LogP contribution in [0, 0.1) is 11.8 Å². The van der Waals surface area contributed by atoms with Gasteiger partial charge >= 0.3 is 0 Å². The molecule has 1 saturated heterocycles. The molecular weight excluding hydrogens is 356 g/mol. The van der Waals surface area contributed by atoms with Crippen LogP contribution in [0.1, 0.15) is 44.9 Å². The zero-order chi connectivity index (χ0) is 19.5. The summed E-state index contributed by atoms with van der Waals surface area (Å²) in [5, 5.41) is 9.14. The van der Waals surface area contributed by atoms with Gasteiger partial charge in [-0.25, -0.2) is 0 Å². The number of rotatable bonds is 10. The van der Waals surface area contributed by atoms with E-state index >= 15 is 0 Å². The van der Waals surface area contributed by atoms with Gasteiger partial charge in [0.1, 0.15) is 0 Å². The highest BCUT2D eigenvalue weighted by Crippen LogP contribution is 2.20. The van der Waals surface area contributed by atoms with Crippen LogP contribution in [-0.4, -0.2) is 56.8 Å². The maximum atomic E-state index is 5.82. The van der Waals surface area contributed by atoms with Crippen LogP contribution in [0.2, 0.25) is 0 Å². The van der Waals surface area contributed by atoms with E-state index in [0.717, 1.165) is 38.6 Å². The van der Waals surface area contributed by atoms with Gasteiger partial charge in [0.15, 0.2) is 5.96 Å². The Morgan fingerprint density at radius 1 is 1.41 bits per heavy atom. The minimum absolute atomic E-state index is 0.310. The van der Waals surface area contributed by atoms with Gasteiger partial charge in [-0.15, -0.1) is 11.3 Å². The number of nitrogens with zero attached hydrogens (tertiary/aromatic N) is 2. The molecule has 2 unspecified atom stereocenters. The van der Waals surface area contributed by atoms with Crippen molar-refractivity contribution in [2.45, 2.75) is 52.7 Å². The Morgan fingerprint density at radius 2 is 2.26 bits per heavy atom. The average molecular weight is 395 g/mol. The molecule has 0 amide bonds. The van der Waals surface area contributed by atoms with Crippen LogP contribution in [-0.2, 0) is 11.3 Å². The predicted molar refractivity (Wildman–Crippen MR) is 117 cm³/mol. The number of aliphatic imine (C=N–C) groups is 1. The van der Waals surface area contributed by atoms with Crippen LogP contribution in [0.3, 0.4) is 0 Å². The first-order valence-electron chi connectivity index (χ1n) is 10.4. The minimum atomic E-state index is 0.310. The zero-order valence-corrected chi connectivity index (χ0v) is 18.4. The highest BCUT2D eigenvalue weighted by atomic mass is 32.1. The summed E-state index contributed by atoms with van der Waals surface area (Å²) in [6.07, 6.45) is 3.90. The van der Waals surface area contributed by atoms with E-state index in [2.05, 4.69) is 58.8 Å². The van der Waals surface area contributed by atoms with E-state index in [1.165, 1.54) is 30.8 Å². The molecule has 0 spiro atoms. The van der Waals surface area contributed by atoms with Gasteiger partial charge in [0.25, 0.3) is 0 Å². The van der Waals surface area contributed by atoms with E-state index in [1.54, 1.807) is 0 Å². The lowest BCUT2D eigenvalue weighted by Crippen LogP contribution is -2.44. The molecule has 2 heterocycles. The number of thiophene rings is 1. The van der Waals surface area contributed by atoms with Crippen molar-refractivity contribution in [3.63, 3.8) is 0 Å². The minimum Gasteiger partial charge on any atom is -0.378 e. The zero-order valence-electron chi connectivity index (χ0n) is 17.5. The fourth-order valence-corrected chi connectivity index (χ4v) is 4.45. The lowest BCUT2D eigenvalue weighted by molar-refractivity contribution is 0.0258. The maximum Gasteiger partial charge on any atom is 0.190 e. The van der Waals surface area contributed by atoms with Crippen LogP contribution >= 0.6 is 11.3 Å². The summed E-state index contributed by atoms with van der Waals surface area (Å²) in [5.74, 6) is 2.13. The number of guanidine groups is 1. The average Bonchev–Trinajstić information content (AvgIpc) is 3.16. The van der Waals surface area contributed by atoms with E-state index in [4.69, 9.17) is 4.74 Å². The van der Waals surface area contributed by atoms with Gasteiger partial charge in [0.05, 0.1) is 6.10 Å². The van der Waals surface area contributed by atoms with Gasteiger partial charge in [0, 0.05) is 44.7 Å². The van der Waals surface area contributed by atoms with Crippen molar-refractivity contribution >= 4 is 17.3 Å². The Bertz CT molecular complexity index is 532. The normalized spacial score (nSPS) is 20.0. The molecule has 2 rings (SSSR count). The lowest BCUT2D eigenvalue weighted by atomic mass is 9.98. The summed E-state index contributed by atoms with van der Waals surface area (Å²) in [6, 6.07) is 4.39. The number of hydrogen-bond donors (Lipinski definition) is 2. The second kappa shape index (κ2) is 12.4.